The molecule has 0 radical (unpaired) electrons. The molecule has 2 heteroatoms. The number of benzene rings is 1. The summed E-state index contributed by atoms with van der Waals surface area (Å²) < 4.78 is 0. The number of nitrogens with one attached hydrogen (secondary N) is 1. The third-order valence-electron chi connectivity index (χ3n) is 3.50. The first kappa shape index (κ1) is 15.2. The molecule has 0 bridgehead atoms. The molecule has 2 unspecified atom stereocenters. The third-order valence-corrected chi connectivity index (χ3v) is 3.50. The van der Waals surface area contributed by atoms with Crippen LogP contribution in [-0.2, 0) is 5.41 Å². The number of aliphatic hydroxyl groups excluding tert-OH is 1. The standard InChI is InChI=1S/C16H27NO/c1-13(10-11-18)17-14(2)12-16(3,4)15-8-6-5-7-9-15/h5-9,13-14,17-18H,10-12H2,1-4H3. The van der Waals surface area contributed by atoms with Crippen LogP contribution in [0.5, 0.6) is 0 Å². The van der Waals surface area contributed by atoms with Crippen LogP contribution in [-0.4, -0.2) is 23.8 Å². The van der Waals surface area contributed by atoms with Crippen LogP contribution in [0.25, 0.3) is 0 Å². The second-order valence-corrected chi connectivity index (χ2v) is 5.94. The average Bonchev–Trinajstić information content (AvgIpc) is 2.29. The van der Waals surface area contributed by atoms with Crippen molar-refractivity contribution in [1.82, 2.24) is 5.32 Å². The monoisotopic (exact) mass is 249 g/mol. The molecule has 0 saturated heterocycles. The Bertz CT molecular complexity index is 334. The Balaban J connectivity index is 2.55. The maximum atomic E-state index is 8.92. The van der Waals surface area contributed by atoms with Crippen molar-refractivity contribution in [3.05, 3.63) is 35.9 Å². The lowest BCUT2D eigenvalue weighted by molar-refractivity contribution is 0.258. The molecule has 0 heterocycles. The zero-order valence-electron chi connectivity index (χ0n) is 12.1. The Labute approximate surface area is 111 Å². The molecule has 0 spiro atoms. The molecular weight excluding hydrogens is 222 g/mol. The van der Waals surface area contributed by atoms with Crippen LogP contribution in [0, 0.1) is 0 Å². The van der Waals surface area contributed by atoms with E-state index in [2.05, 4.69) is 63.3 Å². The molecule has 0 amide bonds. The van der Waals surface area contributed by atoms with Crippen LogP contribution >= 0.6 is 0 Å². The average molecular weight is 249 g/mol. The van der Waals surface area contributed by atoms with E-state index in [-0.39, 0.29) is 12.0 Å². The van der Waals surface area contributed by atoms with Gasteiger partial charge >= 0.3 is 0 Å². The fourth-order valence-electron chi connectivity index (χ4n) is 2.59. The van der Waals surface area contributed by atoms with Gasteiger partial charge in [0.1, 0.15) is 0 Å². The summed E-state index contributed by atoms with van der Waals surface area (Å²) in [5.74, 6) is 0. The highest BCUT2D eigenvalue weighted by Gasteiger charge is 2.23. The molecule has 0 aliphatic rings. The van der Waals surface area contributed by atoms with Crippen molar-refractivity contribution in [3.63, 3.8) is 0 Å². The maximum Gasteiger partial charge on any atom is 0.0445 e. The molecule has 0 aromatic heterocycles. The predicted octanol–water partition coefficient (Wildman–Crippen LogP) is 3.10. The molecule has 0 aliphatic carbocycles. The van der Waals surface area contributed by atoms with Crippen molar-refractivity contribution < 1.29 is 5.11 Å². The zero-order chi connectivity index (χ0) is 13.6. The molecule has 0 fully saturated rings. The number of hydrogen-bond donors (Lipinski definition) is 2. The molecule has 2 N–H and O–H groups in total. The Kier molecular flexibility index (Phi) is 5.83. The molecule has 1 aromatic carbocycles. The van der Waals surface area contributed by atoms with Crippen LogP contribution in [0.4, 0.5) is 0 Å². The van der Waals surface area contributed by atoms with E-state index in [0.717, 1.165) is 12.8 Å². The van der Waals surface area contributed by atoms with E-state index in [9.17, 15) is 0 Å². The van der Waals surface area contributed by atoms with Gasteiger partial charge in [0.05, 0.1) is 0 Å². The van der Waals surface area contributed by atoms with Crippen molar-refractivity contribution in [2.45, 2.75) is 58.0 Å². The van der Waals surface area contributed by atoms with Gasteiger partial charge in [-0.15, -0.1) is 0 Å². The smallest absolute Gasteiger partial charge is 0.0445 e. The minimum absolute atomic E-state index is 0.173. The molecule has 0 aliphatic heterocycles. The molecule has 1 rings (SSSR count). The normalized spacial score (nSPS) is 15.4. The molecule has 102 valence electrons. The van der Waals surface area contributed by atoms with Gasteiger partial charge in [0.15, 0.2) is 0 Å². The Morgan fingerprint density at radius 3 is 2.28 bits per heavy atom. The fraction of sp³-hybridized carbons (Fsp3) is 0.625. The second kappa shape index (κ2) is 6.91. The van der Waals surface area contributed by atoms with E-state index in [4.69, 9.17) is 5.11 Å². The highest BCUT2D eigenvalue weighted by molar-refractivity contribution is 5.23. The van der Waals surface area contributed by atoms with Gasteiger partial charge in [-0.1, -0.05) is 44.2 Å². The number of hydrogen-bond acceptors (Lipinski definition) is 2. The molecule has 2 nitrogen and oxygen atoms in total. The lowest BCUT2D eigenvalue weighted by Gasteiger charge is -2.30. The zero-order valence-corrected chi connectivity index (χ0v) is 12.1. The van der Waals surface area contributed by atoms with E-state index in [1.807, 2.05) is 0 Å². The molecule has 0 saturated carbocycles. The van der Waals surface area contributed by atoms with Gasteiger partial charge in [-0.3, -0.25) is 0 Å². The fourth-order valence-corrected chi connectivity index (χ4v) is 2.59. The van der Waals surface area contributed by atoms with Crippen LogP contribution in [0.1, 0.15) is 46.1 Å². The lowest BCUT2D eigenvalue weighted by Crippen LogP contribution is -2.38. The summed E-state index contributed by atoms with van der Waals surface area (Å²) in [7, 11) is 0. The first-order valence-electron chi connectivity index (χ1n) is 6.88. The van der Waals surface area contributed by atoms with E-state index >= 15 is 0 Å². The molecule has 18 heavy (non-hydrogen) atoms. The minimum Gasteiger partial charge on any atom is -0.396 e. The Hall–Kier alpha value is -0.860. The van der Waals surface area contributed by atoms with Gasteiger partial charge in [0.2, 0.25) is 0 Å². The highest BCUT2D eigenvalue weighted by atomic mass is 16.3. The van der Waals surface area contributed by atoms with Crippen molar-refractivity contribution in [2.24, 2.45) is 0 Å². The van der Waals surface area contributed by atoms with Crippen molar-refractivity contribution in [1.29, 1.82) is 0 Å². The Morgan fingerprint density at radius 2 is 1.72 bits per heavy atom. The summed E-state index contributed by atoms with van der Waals surface area (Å²) in [4.78, 5) is 0. The third kappa shape index (κ3) is 4.79. The van der Waals surface area contributed by atoms with Gasteiger partial charge in [-0.2, -0.15) is 0 Å². The molecule has 1 aromatic rings. The summed E-state index contributed by atoms with van der Waals surface area (Å²) in [5, 5.41) is 12.5. The summed E-state index contributed by atoms with van der Waals surface area (Å²) in [6.45, 7) is 9.18. The second-order valence-electron chi connectivity index (χ2n) is 5.94. The van der Waals surface area contributed by atoms with Gasteiger partial charge in [-0.05, 0) is 37.7 Å². The minimum atomic E-state index is 0.173. The number of aliphatic hydroxyl groups is 1. The SMILES string of the molecule is CC(CCO)NC(C)CC(C)(C)c1ccccc1. The first-order valence-corrected chi connectivity index (χ1v) is 6.88. The Morgan fingerprint density at radius 1 is 1.11 bits per heavy atom. The quantitative estimate of drug-likeness (QED) is 0.778. The van der Waals surface area contributed by atoms with E-state index in [0.29, 0.717) is 12.1 Å². The highest BCUT2D eigenvalue weighted by Crippen LogP contribution is 2.28. The summed E-state index contributed by atoms with van der Waals surface area (Å²) in [6.07, 6.45) is 1.91. The topological polar surface area (TPSA) is 32.3 Å². The van der Waals surface area contributed by atoms with Gasteiger partial charge < -0.3 is 10.4 Å². The van der Waals surface area contributed by atoms with E-state index in [1.54, 1.807) is 0 Å². The van der Waals surface area contributed by atoms with Crippen molar-refractivity contribution >= 4 is 0 Å². The van der Waals surface area contributed by atoms with Crippen LogP contribution in [0.3, 0.4) is 0 Å². The van der Waals surface area contributed by atoms with Gasteiger partial charge in [-0.25, -0.2) is 0 Å². The summed E-state index contributed by atoms with van der Waals surface area (Å²) in [5.41, 5.74) is 1.56. The van der Waals surface area contributed by atoms with Crippen molar-refractivity contribution in [2.75, 3.05) is 6.61 Å². The summed E-state index contributed by atoms with van der Waals surface area (Å²) >= 11 is 0. The largest absolute Gasteiger partial charge is 0.396 e. The summed E-state index contributed by atoms with van der Waals surface area (Å²) in [6, 6.07) is 11.5. The van der Waals surface area contributed by atoms with Crippen LogP contribution < -0.4 is 5.32 Å². The van der Waals surface area contributed by atoms with Crippen molar-refractivity contribution in [3.8, 4) is 0 Å². The van der Waals surface area contributed by atoms with Crippen LogP contribution in [0.15, 0.2) is 30.3 Å². The maximum absolute atomic E-state index is 8.92. The number of rotatable bonds is 7. The molecular formula is C16H27NO. The lowest BCUT2D eigenvalue weighted by atomic mass is 9.79. The molecule has 2 atom stereocenters. The van der Waals surface area contributed by atoms with E-state index < -0.39 is 0 Å². The first-order chi connectivity index (χ1) is 8.45. The van der Waals surface area contributed by atoms with E-state index in [1.165, 1.54) is 5.56 Å². The van der Waals surface area contributed by atoms with Gasteiger partial charge in [0, 0.05) is 18.7 Å². The predicted molar refractivity (Wildman–Crippen MR) is 77.8 cm³/mol. The van der Waals surface area contributed by atoms with Crippen LogP contribution in [0.2, 0.25) is 0 Å². The van der Waals surface area contributed by atoms with Gasteiger partial charge in [0.25, 0.3) is 0 Å².